The Balaban J connectivity index is 4.21. The summed E-state index contributed by atoms with van der Waals surface area (Å²) in [5, 5.41) is 11.3. The summed E-state index contributed by atoms with van der Waals surface area (Å²) in [6, 6.07) is -0.893. The van der Waals surface area contributed by atoms with E-state index >= 15 is 0 Å². The lowest BCUT2D eigenvalue weighted by Gasteiger charge is -2.17. The fraction of sp³-hybridized carbons (Fsp3) is 0.700. The van der Waals surface area contributed by atoms with E-state index in [0.29, 0.717) is 12.2 Å². The summed E-state index contributed by atoms with van der Waals surface area (Å²) in [4.78, 5) is 34.4. The van der Waals surface area contributed by atoms with E-state index in [4.69, 9.17) is 5.11 Å². The lowest BCUT2D eigenvalue weighted by molar-refractivity contribution is -0.142. The van der Waals surface area contributed by atoms with Crippen LogP contribution in [0, 0.1) is 0 Å². The van der Waals surface area contributed by atoms with Crippen LogP contribution >= 0.6 is 11.8 Å². The molecule has 0 aromatic rings. The minimum absolute atomic E-state index is 0.127. The predicted octanol–water partition coefficient (Wildman–Crippen LogP) is -0.213. The van der Waals surface area contributed by atoms with Crippen molar-refractivity contribution in [3.8, 4) is 0 Å². The number of nitrogens with one attached hydrogen (secondary N) is 1. The number of thioether (sulfide) groups is 1. The van der Waals surface area contributed by atoms with Crippen molar-refractivity contribution in [3.05, 3.63) is 0 Å². The quantitative estimate of drug-likeness (QED) is 0.663. The smallest absolute Gasteiger partial charge is 0.326 e. The highest BCUT2D eigenvalue weighted by molar-refractivity contribution is 7.98. The second kappa shape index (κ2) is 7.94. The van der Waals surface area contributed by atoms with Crippen LogP contribution in [0.4, 0.5) is 0 Å². The van der Waals surface area contributed by atoms with Crippen LogP contribution in [0.25, 0.3) is 0 Å². The highest BCUT2D eigenvalue weighted by atomic mass is 32.2. The topological polar surface area (TPSA) is 86.7 Å². The van der Waals surface area contributed by atoms with Crippen LogP contribution in [0.2, 0.25) is 0 Å². The lowest BCUT2D eigenvalue weighted by atomic mass is 10.2. The van der Waals surface area contributed by atoms with Crippen molar-refractivity contribution < 1.29 is 19.5 Å². The number of carboxylic acids is 1. The van der Waals surface area contributed by atoms with Crippen LogP contribution in [0.3, 0.4) is 0 Å². The number of rotatable bonds is 7. The van der Waals surface area contributed by atoms with E-state index in [1.54, 1.807) is 0 Å². The molecule has 0 saturated heterocycles. The normalized spacial score (nSPS) is 11.7. The zero-order chi connectivity index (χ0) is 13.4. The van der Waals surface area contributed by atoms with Gasteiger partial charge < -0.3 is 15.3 Å². The number of carbonyl (C=O) groups is 3. The first-order chi connectivity index (χ1) is 7.88. The maximum absolute atomic E-state index is 11.5. The summed E-state index contributed by atoms with van der Waals surface area (Å²) in [6.07, 6.45) is 2.23. The van der Waals surface area contributed by atoms with Crippen molar-refractivity contribution in [3.63, 3.8) is 0 Å². The lowest BCUT2D eigenvalue weighted by Crippen LogP contribution is -2.45. The van der Waals surface area contributed by atoms with Gasteiger partial charge in [-0.1, -0.05) is 0 Å². The van der Waals surface area contributed by atoms with E-state index < -0.39 is 17.9 Å². The summed E-state index contributed by atoms with van der Waals surface area (Å²) in [5.41, 5.74) is 0. The van der Waals surface area contributed by atoms with Crippen molar-refractivity contribution >= 4 is 29.5 Å². The Kier molecular flexibility index (Phi) is 7.36. The third kappa shape index (κ3) is 6.83. The van der Waals surface area contributed by atoms with Gasteiger partial charge in [0.2, 0.25) is 11.8 Å². The molecule has 0 radical (unpaired) electrons. The molecule has 0 fully saturated rings. The van der Waals surface area contributed by atoms with Gasteiger partial charge in [-0.05, 0) is 18.4 Å². The van der Waals surface area contributed by atoms with Crippen LogP contribution in [-0.4, -0.2) is 59.4 Å². The van der Waals surface area contributed by atoms with E-state index in [1.807, 2.05) is 6.26 Å². The molecular formula is C10H18N2O4S. The van der Waals surface area contributed by atoms with Crippen LogP contribution in [0.5, 0.6) is 0 Å². The molecule has 0 spiro atoms. The molecule has 6 nitrogen and oxygen atoms in total. The van der Waals surface area contributed by atoms with Crippen LogP contribution in [-0.2, 0) is 14.4 Å². The van der Waals surface area contributed by atoms with Gasteiger partial charge in [0.25, 0.3) is 0 Å². The Hall–Kier alpha value is -1.24. The highest BCUT2D eigenvalue weighted by Gasteiger charge is 2.20. The molecule has 0 aliphatic rings. The number of hydrogen-bond donors (Lipinski definition) is 2. The zero-order valence-electron chi connectivity index (χ0n) is 10.2. The summed E-state index contributed by atoms with van der Waals surface area (Å²) in [7, 11) is 1.49. The third-order valence-corrected chi connectivity index (χ3v) is 2.81. The van der Waals surface area contributed by atoms with Gasteiger partial charge in [0.15, 0.2) is 0 Å². The standard InChI is InChI=1S/C10H18N2O4S/c1-7(13)12(2)6-9(14)11-8(10(15)16)4-5-17-3/h8H,4-6H2,1-3H3,(H,11,14)(H,15,16)/t8-/m1/s1. The SMILES string of the molecule is CSCC[C@@H](NC(=O)CN(C)C(C)=O)C(=O)O. The molecular weight excluding hydrogens is 244 g/mol. The summed E-state index contributed by atoms with van der Waals surface area (Å²) >= 11 is 1.51. The minimum Gasteiger partial charge on any atom is -0.480 e. The highest BCUT2D eigenvalue weighted by Crippen LogP contribution is 2.01. The number of likely N-dealkylation sites (N-methyl/N-ethyl adjacent to an activating group) is 1. The molecule has 2 amide bonds. The molecule has 1 atom stereocenters. The minimum atomic E-state index is -1.06. The molecule has 0 saturated carbocycles. The third-order valence-electron chi connectivity index (χ3n) is 2.16. The van der Waals surface area contributed by atoms with Crippen molar-refractivity contribution in [2.24, 2.45) is 0 Å². The van der Waals surface area contributed by atoms with Crippen LogP contribution < -0.4 is 5.32 Å². The number of hydrogen-bond acceptors (Lipinski definition) is 4. The van der Waals surface area contributed by atoms with Crippen molar-refractivity contribution in [1.82, 2.24) is 10.2 Å². The van der Waals surface area contributed by atoms with Gasteiger partial charge in [0.05, 0.1) is 6.54 Å². The molecule has 0 heterocycles. The second-order valence-corrected chi connectivity index (χ2v) is 4.60. The first-order valence-electron chi connectivity index (χ1n) is 5.11. The average Bonchev–Trinajstić information content (AvgIpc) is 2.23. The van der Waals surface area contributed by atoms with E-state index in [0.717, 1.165) is 0 Å². The fourth-order valence-corrected chi connectivity index (χ4v) is 1.53. The maximum Gasteiger partial charge on any atom is 0.326 e. The molecule has 7 heteroatoms. The summed E-state index contributed by atoms with van der Waals surface area (Å²) < 4.78 is 0. The van der Waals surface area contributed by atoms with E-state index in [-0.39, 0.29) is 12.5 Å². The molecule has 98 valence electrons. The Morgan fingerprint density at radius 2 is 2.00 bits per heavy atom. The molecule has 2 N–H and O–H groups in total. The maximum atomic E-state index is 11.5. The van der Waals surface area contributed by atoms with Gasteiger partial charge in [0, 0.05) is 14.0 Å². The summed E-state index contributed by atoms with van der Waals surface area (Å²) in [5.74, 6) is -1.11. The Morgan fingerprint density at radius 3 is 2.41 bits per heavy atom. The van der Waals surface area contributed by atoms with Gasteiger partial charge in [-0.2, -0.15) is 11.8 Å². The van der Waals surface area contributed by atoms with Crippen molar-refractivity contribution in [1.29, 1.82) is 0 Å². The Morgan fingerprint density at radius 1 is 1.41 bits per heavy atom. The first-order valence-corrected chi connectivity index (χ1v) is 6.50. The largest absolute Gasteiger partial charge is 0.480 e. The van der Waals surface area contributed by atoms with Crippen molar-refractivity contribution in [2.45, 2.75) is 19.4 Å². The van der Waals surface area contributed by atoms with Gasteiger partial charge >= 0.3 is 5.97 Å². The number of nitrogens with zero attached hydrogens (tertiary/aromatic N) is 1. The van der Waals surface area contributed by atoms with Gasteiger partial charge in [0.1, 0.15) is 6.04 Å². The monoisotopic (exact) mass is 262 g/mol. The van der Waals surface area contributed by atoms with Gasteiger partial charge in [-0.25, -0.2) is 4.79 Å². The molecule has 0 aromatic heterocycles. The zero-order valence-corrected chi connectivity index (χ0v) is 11.0. The van der Waals surface area contributed by atoms with E-state index in [9.17, 15) is 14.4 Å². The molecule has 0 unspecified atom stereocenters. The molecule has 0 rings (SSSR count). The molecule has 0 aliphatic carbocycles. The number of amides is 2. The molecule has 0 aromatic carbocycles. The first kappa shape index (κ1) is 15.8. The van der Waals surface area contributed by atoms with Crippen LogP contribution in [0.15, 0.2) is 0 Å². The van der Waals surface area contributed by atoms with E-state index in [2.05, 4.69) is 5.32 Å². The predicted molar refractivity (Wildman–Crippen MR) is 65.9 cm³/mol. The second-order valence-electron chi connectivity index (χ2n) is 3.61. The van der Waals surface area contributed by atoms with Crippen LogP contribution in [0.1, 0.15) is 13.3 Å². The number of carbonyl (C=O) groups excluding carboxylic acids is 2. The fourth-order valence-electron chi connectivity index (χ4n) is 1.06. The molecule has 0 bridgehead atoms. The Bertz CT molecular complexity index is 296. The molecule has 0 aliphatic heterocycles. The van der Waals surface area contributed by atoms with Gasteiger partial charge in [-0.3, -0.25) is 9.59 Å². The number of carboxylic acid groups (broad SMARTS) is 1. The average molecular weight is 262 g/mol. The number of aliphatic carboxylic acids is 1. The van der Waals surface area contributed by atoms with E-state index in [1.165, 1.54) is 30.6 Å². The Labute approximate surface area is 105 Å². The van der Waals surface area contributed by atoms with Crippen molar-refractivity contribution in [2.75, 3.05) is 25.6 Å². The molecule has 17 heavy (non-hydrogen) atoms. The van der Waals surface area contributed by atoms with Gasteiger partial charge in [-0.15, -0.1) is 0 Å². The summed E-state index contributed by atoms with van der Waals surface area (Å²) in [6.45, 7) is 1.22.